The van der Waals surface area contributed by atoms with Crippen molar-refractivity contribution < 1.29 is 14.2 Å². The molecule has 0 saturated heterocycles. The van der Waals surface area contributed by atoms with Gasteiger partial charge in [0.1, 0.15) is 23.4 Å². The van der Waals surface area contributed by atoms with Crippen molar-refractivity contribution in [1.29, 1.82) is 0 Å². The summed E-state index contributed by atoms with van der Waals surface area (Å²) >= 11 is 5.68. The highest BCUT2D eigenvalue weighted by Crippen LogP contribution is 2.32. The van der Waals surface area contributed by atoms with Crippen LogP contribution in [0.2, 0.25) is 0 Å². The van der Waals surface area contributed by atoms with E-state index in [1.54, 1.807) is 18.5 Å². The zero-order valence-corrected chi connectivity index (χ0v) is 19.1. The Labute approximate surface area is 185 Å². The number of hydrogen-bond donors (Lipinski definition) is 0. The minimum atomic E-state index is -0.296. The summed E-state index contributed by atoms with van der Waals surface area (Å²) in [6.45, 7) is 9.58. The molecule has 30 heavy (non-hydrogen) atoms. The summed E-state index contributed by atoms with van der Waals surface area (Å²) in [6, 6.07) is 11.6. The van der Waals surface area contributed by atoms with Crippen molar-refractivity contribution in [1.82, 2.24) is 4.98 Å². The van der Waals surface area contributed by atoms with Crippen molar-refractivity contribution in [3.63, 3.8) is 0 Å². The zero-order valence-electron chi connectivity index (χ0n) is 18.3. The molecule has 1 aromatic heterocycles. The molecule has 0 amide bonds. The van der Waals surface area contributed by atoms with E-state index in [-0.39, 0.29) is 11.5 Å². The lowest BCUT2D eigenvalue weighted by Gasteiger charge is -2.32. The molecule has 1 aromatic carbocycles. The smallest absolute Gasteiger partial charge is 0.134 e. The van der Waals surface area contributed by atoms with Crippen LogP contribution >= 0.6 is 11.6 Å². The standard InChI is InChI=1S/C25H32ClNO3/c1-5-6-15-28-21-11-7-12-22(18-21)30-23(17-20-10-8-14-27-19-20)24(25(2,3)4)29-16-9-13-26/h7-14,17-19,24H,5-6,15-16H2,1-4H3/b13-9+,23-17+. The van der Waals surface area contributed by atoms with Crippen LogP contribution in [0.25, 0.3) is 6.08 Å². The first-order chi connectivity index (χ1) is 14.4. The Balaban J connectivity index is 2.34. The Bertz CT molecular complexity index is 813. The minimum absolute atomic E-state index is 0.205. The van der Waals surface area contributed by atoms with Crippen LogP contribution in [0, 0.1) is 5.41 Å². The zero-order chi connectivity index (χ0) is 21.8. The molecular formula is C25H32ClNO3. The maximum Gasteiger partial charge on any atom is 0.134 e. The molecular weight excluding hydrogens is 398 g/mol. The summed E-state index contributed by atoms with van der Waals surface area (Å²) < 4.78 is 18.3. The van der Waals surface area contributed by atoms with Gasteiger partial charge >= 0.3 is 0 Å². The molecule has 0 saturated carbocycles. The van der Waals surface area contributed by atoms with Crippen LogP contribution in [-0.4, -0.2) is 24.3 Å². The normalized spacial score (nSPS) is 13.4. The van der Waals surface area contributed by atoms with E-state index in [0.717, 1.165) is 24.2 Å². The van der Waals surface area contributed by atoms with Crippen molar-refractivity contribution in [2.75, 3.05) is 13.2 Å². The van der Waals surface area contributed by atoms with Crippen molar-refractivity contribution in [3.05, 3.63) is 71.7 Å². The largest absolute Gasteiger partial charge is 0.493 e. The van der Waals surface area contributed by atoms with E-state index >= 15 is 0 Å². The second kappa shape index (κ2) is 12.4. The minimum Gasteiger partial charge on any atom is -0.493 e. The lowest BCUT2D eigenvalue weighted by atomic mass is 9.87. The quantitative estimate of drug-likeness (QED) is 0.289. The Morgan fingerprint density at radius 3 is 2.63 bits per heavy atom. The summed E-state index contributed by atoms with van der Waals surface area (Å²) in [5.41, 5.74) is 2.19. The molecule has 0 bridgehead atoms. The molecule has 162 valence electrons. The average Bonchev–Trinajstić information content (AvgIpc) is 2.71. The highest BCUT2D eigenvalue weighted by molar-refractivity contribution is 6.25. The Kier molecular flexibility index (Phi) is 9.92. The molecule has 0 aliphatic rings. The van der Waals surface area contributed by atoms with Crippen LogP contribution < -0.4 is 9.47 Å². The molecule has 5 heteroatoms. The predicted octanol–water partition coefficient (Wildman–Crippen LogP) is 6.86. The van der Waals surface area contributed by atoms with Crippen molar-refractivity contribution in [2.45, 2.75) is 46.6 Å². The summed E-state index contributed by atoms with van der Waals surface area (Å²) in [7, 11) is 0. The summed E-state index contributed by atoms with van der Waals surface area (Å²) in [5.74, 6) is 2.19. The van der Waals surface area contributed by atoms with Gasteiger partial charge in [0.25, 0.3) is 0 Å². The van der Waals surface area contributed by atoms with E-state index in [0.29, 0.717) is 24.7 Å². The molecule has 2 rings (SSSR count). The Morgan fingerprint density at radius 2 is 1.97 bits per heavy atom. The van der Waals surface area contributed by atoms with Gasteiger partial charge in [-0.15, -0.1) is 0 Å². The molecule has 0 fully saturated rings. The van der Waals surface area contributed by atoms with Crippen molar-refractivity contribution >= 4 is 17.7 Å². The molecule has 1 unspecified atom stereocenters. The van der Waals surface area contributed by atoms with E-state index in [1.165, 1.54) is 5.54 Å². The molecule has 0 radical (unpaired) electrons. The van der Waals surface area contributed by atoms with Crippen LogP contribution in [0.1, 0.15) is 46.1 Å². The first-order valence-corrected chi connectivity index (χ1v) is 10.8. The average molecular weight is 430 g/mol. The first kappa shape index (κ1) is 24.0. The molecule has 1 atom stereocenters. The van der Waals surface area contributed by atoms with E-state index in [9.17, 15) is 0 Å². The van der Waals surface area contributed by atoms with Crippen LogP contribution in [-0.2, 0) is 4.74 Å². The van der Waals surface area contributed by atoms with E-state index in [4.69, 9.17) is 25.8 Å². The van der Waals surface area contributed by atoms with Crippen molar-refractivity contribution in [2.24, 2.45) is 5.41 Å². The van der Waals surface area contributed by atoms with Gasteiger partial charge in [0.05, 0.1) is 13.2 Å². The van der Waals surface area contributed by atoms with Gasteiger partial charge in [0.2, 0.25) is 0 Å². The predicted molar refractivity (Wildman–Crippen MR) is 124 cm³/mol. The van der Waals surface area contributed by atoms with Crippen molar-refractivity contribution in [3.8, 4) is 11.5 Å². The molecule has 0 aliphatic heterocycles. The first-order valence-electron chi connectivity index (χ1n) is 10.3. The third-order valence-corrected chi connectivity index (χ3v) is 4.47. The van der Waals surface area contributed by atoms with Crippen LogP contribution in [0.4, 0.5) is 0 Å². The third-order valence-electron chi connectivity index (χ3n) is 4.29. The maximum atomic E-state index is 6.36. The van der Waals surface area contributed by atoms with E-state index < -0.39 is 0 Å². The van der Waals surface area contributed by atoms with E-state index in [1.807, 2.05) is 42.5 Å². The fourth-order valence-electron chi connectivity index (χ4n) is 2.83. The Hall–Kier alpha value is -2.30. The van der Waals surface area contributed by atoms with Gasteiger partial charge < -0.3 is 14.2 Å². The number of pyridine rings is 1. The summed E-state index contributed by atoms with van der Waals surface area (Å²) in [6.07, 6.45) is 9.10. The highest BCUT2D eigenvalue weighted by Gasteiger charge is 2.31. The Morgan fingerprint density at radius 1 is 1.17 bits per heavy atom. The second-order valence-electron chi connectivity index (χ2n) is 8.05. The topological polar surface area (TPSA) is 40.6 Å². The number of ether oxygens (including phenoxy) is 3. The highest BCUT2D eigenvalue weighted by atomic mass is 35.5. The second-order valence-corrected chi connectivity index (χ2v) is 8.31. The van der Waals surface area contributed by atoms with Gasteiger partial charge in [-0.1, -0.05) is 57.8 Å². The molecule has 4 nitrogen and oxygen atoms in total. The SMILES string of the molecule is CCCCOc1cccc(O/C(=C/c2cccnc2)C(OC/C=C/Cl)C(C)(C)C)c1. The van der Waals surface area contributed by atoms with Gasteiger partial charge in [-0.2, -0.15) is 0 Å². The molecule has 2 aromatic rings. The molecule has 0 aliphatic carbocycles. The lowest BCUT2D eigenvalue weighted by Crippen LogP contribution is -2.33. The van der Waals surface area contributed by atoms with E-state index in [2.05, 4.69) is 32.7 Å². The molecule has 1 heterocycles. The number of halogens is 1. The maximum absolute atomic E-state index is 6.36. The van der Waals surface area contributed by atoms with Gasteiger partial charge in [-0.25, -0.2) is 0 Å². The number of nitrogens with zero attached hydrogens (tertiary/aromatic N) is 1. The summed E-state index contributed by atoms with van der Waals surface area (Å²) in [4.78, 5) is 4.21. The fraction of sp³-hybridized carbons (Fsp3) is 0.400. The molecule has 0 spiro atoms. The van der Waals surface area contributed by atoms with Gasteiger partial charge in [-0.3, -0.25) is 4.98 Å². The molecule has 0 N–H and O–H groups in total. The fourth-order valence-corrected chi connectivity index (χ4v) is 2.90. The van der Waals surface area contributed by atoms with Crippen LogP contribution in [0.3, 0.4) is 0 Å². The summed E-state index contributed by atoms with van der Waals surface area (Å²) in [5, 5.41) is 0. The number of benzene rings is 1. The van der Waals surface area contributed by atoms with Gasteiger partial charge in [0.15, 0.2) is 0 Å². The lowest BCUT2D eigenvalue weighted by molar-refractivity contribution is 0.00167. The van der Waals surface area contributed by atoms with Gasteiger partial charge in [-0.05, 0) is 47.8 Å². The number of rotatable bonds is 11. The third kappa shape index (κ3) is 8.21. The van der Waals surface area contributed by atoms with Gasteiger partial charge in [0, 0.05) is 24.0 Å². The van der Waals surface area contributed by atoms with Crippen LogP contribution in [0.15, 0.2) is 66.2 Å². The number of aromatic nitrogens is 1. The monoisotopic (exact) mass is 429 g/mol. The van der Waals surface area contributed by atoms with Crippen LogP contribution in [0.5, 0.6) is 11.5 Å². The number of unbranched alkanes of at least 4 members (excludes halogenated alkanes) is 1. The number of hydrogen-bond acceptors (Lipinski definition) is 4.